The lowest BCUT2D eigenvalue weighted by molar-refractivity contribution is -0.332. The van der Waals surface area contributed by atoms with E-state index in [1.807, 2.05) is 0 Å². The number of esters is 1. The summed E-state index contributed by atoms with van der Waals surface area (Å²) in [5, 5.41) is 72.2. The highest BCUT2D eigenvalue weighted by atomic mass is 16.7. The van der Waals surface area contributed by atoms with E-state index in [-0.39, 0.29) is 19.6 Å². The summed E-state index contributed by atoms with van der Waals surface area (Å²) in [6.45, 7) is 3.39. The first-order valence-electron chi connectivity index (χ1n) is 27.2. The molecule has 0 spiro atoms. The Hall–Kier alpha value is -2.83. The predicted molar refractivity (Wildman–Crippen MR) is 279 cm³/mol. The van der Waals surface area contributed by atoms with Crippen LogP contribution in [0.4, 0.5) is 0 Å². The van der Waals surface area contributed by atoms with Gasteiger partial charge in [-0.1, -0.05) is 163 Å². The molecule has 408 valence electrons. The van der Waals surface area contributed by atoms with Crippen LogP contribution in [0.1, 0.15) is 168 Å². The normalized spacial score (nSPS) is 26.0. The summed E-state index contributed by atoms with van der Waals surface area (Å²) in [6, 6.07) is 0. The fraction of sp³-hybridized carbons (Fsp3) is 0.737. The standard InChI is InChI=1S/C57H96O14/c1-3-5-7-9-11-13-15-17-19-21-22-23-25-27-29-31-33-35-37-39-41-66-43-46(69-49(59)40-38-36-34-32-30-28-26-24-20-18-16-14-12-10-8-6-4-2)44-67-56-55(65)53(63)51(61)48(71-56)45-68-57-54(64)52(62)50(60)47(42-58)70-57/h5,7,11,13,17-20,22-23,27,29,33,35,46-48,50-58,60-65H,3-4,6,8-10,12,14-16,21,24-26,28,30-32,34,36-45H2,1-2H3/b7-5-,13-11-,19-17-,20-18-,23-22-,29-27-,35-33-. The van der Waals surface area contributed by atoms with E-state index < -0.39 is 86.7 Å². The Kier molecular flexibility index (Phi) is 39.4. The third kappa shape index (κ3) is 30.8. The second-order valence-electron chi connectivity index (χ2n) is 18.7. The minimum absolute atomic E-state index is 0.0152. The number of hydrogen-bond acceptors (Lipinski definition) is 14. The lowest BCUT2D eigenvalue weighted by Gasteiger charge is -2.42. The summed E-state index contributed by atoms with van der Waals surface area (Å²) in [7, 11) is 0. The monoisotopic (exact) mass is 1000 g/mol. The molecule has 0 aromatic heterocycles. The third-order valence-electron chi connectivity index (χ3n) is 12.4. The molecule has 14 nitrogen and oxygen atoms in total. The van der Waals surface area contributed by atoms with Gasteiger partial charge >= 0.3 is 5.97 Å². The van der Waals surface area contributed by atoms with Crippen LogP contribution < -0.4 is 0 Å². The molecule has 2 heterocycles. The summed E-state index contributed by atoms with van der Waals surface area (Å²) in [6.07, 6.45) is 39.4. The first-order chi connectivity index (χ1) is 34.6. The number of carbonyl (C=O) groups is 1. The van der Waals surface area contributed by atoms with Gasteiger partial charge in [0.05, 0.1) is 26.4 Å². The van der Waals surface area contributed by atoms with Gasteiger partial charge < -0.3 is 64.2 Å². The molecule has 0 aromatic rings. The van der Waals surface area contributed by atoms with E-state index in [0.29, 0.717) is 13.0 Å². The van der Waals surface area contributed by atoms with Gasteiger partial charge in [-0.25, -0.2) is 0 Å². The van der Waals surface area contributed by atoms with E-state index in [1.165, 1.54) is 64.2 Å². The maximum atomic E-state index is 13.0. The number of carbonyl (C=O) groups excluding carboxylic acids is 1. The van der Waals surface area contributed by atoms with Gasteiger partial charge in [0.15, 0.2) is 12.6 Å². The molecular formula is C57H96O14. The maximum Gasteiger partial charge on any atom is 0.306 e. The van der Waals surface area contributed by atoms with E-state index in [1.54, 1.807) is 0 Å². The molecular weight excluding hydrogens is 909 g/mol. The van der Waals surface area contributed by atoms with E-state index >= 15 is 0 Å². The van der Waals surface area contributed by atoms with Crippen molar-refractivity contribution in [3.8, 4) is 0 Å². The Morgan fingerprint density at radius 3 is 1.45 bits per heavy atom. The smallest absolute Gasteiger partial charge is 0.306 e. The molecule has 7 N–H and O–H groups in total. The minimum Gasteiger partial charge on any atom is -0.457 e. The predicted octanol–water partition coefficient (Wildman–Crippen LogP) is 8.85. The molecule has 0 radical (unpaired) electrons. The Balaban J connectivity index is 1.79. The number of unbranched alkanes of at least 4 members (excludes halogenated alkanes) is 14. The van der Waals surface area contributed by atoms with Crippen molar-refractivity contribution in [2.75, 3.05) is 33.0 Å². The van der Waals surface area contributed by atoms with Gasteiger partial charge in [-0.05, 0) is 83.5 Å². The lowest BCUT2D eigenvalue weighted by Crippen LogP contribution is -2.61. The molecule has 11 unspecified atom stereocenters. The summed E-state index contributed by atoms with van der Waals surface area (Å²) in [5.74, 6) is -0.403. The SMILES string of the molecule is CC/C=C\C/C=C\C/C=C\C/C=C\C/C=C\C/C=C\CCCOCC(COC1OC(COC2OC(CO)C(O)C(O)C2O)C(O)C(O)C1O)OC(=O)CCCCCCCCC/C=C\CCCCCCCC. The summed E-state index contributed by atoms with van der Waals surface area (Å²) in [4.78, 5) is 13.0. The second kappa shape index (κ2) is 43.6. The van der Waals surface area contributed by atoms with Gasteiger partial charge in [-0.2, -0.15) is 0 Å². The molecule has 0 aromatic carbocycles. The van der Waals surface area contributed by atoms with E-state index in [0.717, 1.165) is 77.0 Å². The topological polar surface area (TPSA) is 214 Å². The fourth-order valence-electron chi connectivity index (χ4n) is 8.00. The number of rotatable bonds is 42. The molecule has 14 heteroatoms. The van der Waals surface area contributed by atoms with Crippen molar-refractivity contribution in [3.63, 3.8) is 0 Å². The van der Waals surface area contributed by atoms with Crippen LogP contribution in [0.15, 0.2) is 85.1 Å². The number of hydrogen-bond donors (Lipinski definition) is 7. The Morgan fingerprint density at radius 2 is 0.915 bits per heavy atom. The highest BCUT2D eigenvalue weighted by Gasteiger charge is 2.47. The Morgan fingerprint density at radius 1 is 0.479 bits per heavy atom. The summed E-state index contributed by atoms with van der Waals surface area (Å²) >= 11 is 0. The van der Waals surface area contributed by atoms with Gasteiger partial charge in [0, 0.05) is 13.0 Å². The van der Waals surface area contributed by atoms with Crippen molar-refractivity contribution in [2.24, 2.45) is 0 Å². The number of ether oxygens (including phenoxy) is 6. The van der Waals surface area contributed by atoms with Crippen LogP contribution in [0.25, 0.3) is 0 Å². The average Bonchev–Trinajstić information content (AvgIpc) is 3.37. The van der Waals surface area contributed by atoms with Gasteiger partial charge in [-0.3, -0.25) is 4.79 Å². The molecule has 11 atom stereocenters. The Bertz CT molecular complexity index is 1490. The minimum atomic E-state index is -1.72. The quantitative estimate of drug-likeness (QED) is 0.0173. The largest absolute Gasteiger partial charge is 0.457 e. The zero-order chi connectivity index (χ0) is 51.6. The van der Waals surface area contributed by atoms with Crippen LogP contribution in [-0.4, -0.2) is 142 Å². The van der Waals surface area contributed by atoms with Crippen LogP contribution in [-0.2, 0) is 33.2 Å². The molecule has 2 saturated heterocycles. The van der Waals surface area contributed by atoms with Gasteiger partial charge in [0.1, 0.15) is 54.9 Å². The van der Waals surface area contributed by atoms with Crippen LogP contribution >= 0.6 is 0 Å². The molecule has 2 aliphatic heterocycles. The van der Waals surface area contributed by atoms with Crippen molar-refractivity contribution >= 4 is 5.97 Å². The van der Waals surface area contributed by atoms with Crippen LogP contribution in [0.5, 0.6) is 0 Å². The first-order valence-corrected chi connectivity index (χ1v) is 27.2. The number of aliphatic hydroxyl groups excluding tert-OH is 7. The van der Waals surface area contributed by atoms with Gasteiger partial charge in [0.25, 0.3) is 0 Å². The van der Waals surface area contributed by atoms with E-state index in [2.05, 4.69) is 98.9 Å². The van der Waals surface area contributed by atoms with Crippen LogP contribution in [0.3, 0.4) is 0 Å². The van der Waals surface area contributed by atoms with E-state index in [9.17, 15) is 40.5 Å². The first kappa shape index (κ1) is 64.3. The number of allylic oxidation sites excluding steroid dienone is 14. The second-order valence-corrected chi connectivity index (χ2v) is 18.7. The summed E-state index contributed by atoms with van der Waals surface area (Å²) < 4.78 is 34.2. The fourth-order valence-corrected chi connectivity index (χ4v) is 8.00. The highest BCUT2D eigenvalue weighted by molar-refractivity contribution is 5.69. The molecule has 2 fully saturated rings. The Labute approximate surface area is 427 Å². The molecule has 2 rings (SSSR count). The van der Waals surface area contributed by atoms with Crippen molar-refractivity contribution in [1.82, 2.24) is 0 Å². The lowest BCUT2D eigenvalue weighted by atomic mass is 9.98. The molecule has 0 amide bonds. The van der Waals surface area contributed by atoms with Crippen LogP contribution in [0, 0.1) is 0 Å². The van der Waals surface area contributed by atoms with Crippen LogP contribution in [0.2, 0.25) is 0 Å². The molecule has 0 aliphatic carbocycles. The van der Waals surface area contributed by atoms with Gasteiger partial charge in [-0.15, -0.1) is 0 Å². The molecule has 0 saturated carbocycles. The molecule has 2 aliphatic rings. The van der Waals surface area contributed by atoms with Crippen molar-refractivity contribution in [1.29, 1.82) is 0 Å². The van der Waals surface area contributed by atoms with Crippen molar-refractivity contribution < 1.29 is 69.0 Å². The zero-order valence-electron chi connectivity index (χ0n) is 43.4. The van der Waals surface area contributed by atoms with E-state index in [4.69, 9.17) is 28.4 Å². The zero-order valence-corrected chi connectivity index (χ0v) is 43.4. The molecule has 0 bridgehead atoms. The van der Waals surface area contributed by atoms with Crippen molar-refractivity contribution in [3.05, 3.63) is 85.1 Å². The third-order valence-corrected chi connectivity index (χ3v) is 12.4. The van der Waals surface area contributed by atoms with Gasteiger partial charge in [0.2, 0.25) is 0 Å². The average molecular weight is 1010 g/mol. The maximum absolute atomic E-state index is 13.0. The van der Waals surface area contributed by atoms with Crippen molar-refractivity contribution in [2.45, 2.75) is 235 Å². The highest BCUT2D eigenvalue weighted by Crippen LogP contribution is 2.26. The molecule has 71 heavy (non-hydrogen) atoms. The number of aliphatic hydroxyl groups is 7. The summed E-state index contributed by atoms with van der Waals surface area (Å²) in [5.41, 5.74) is 0.